The molecule has 2 rings (SSSR count). The number of aromatic nitrogens is 2. The number of hydrogen-bond donors (Lipinski definition) is 3. The van der Waals surface area contributed by atoms with E-state index < -0.39 is 6.04 Å². The quantitative estimate of drug-likeness (QED) is 0.547. The molecule has 1 aromatic carbocycles. The summed E-state index contributed by atoms with van der Waals surface area (Å²) in [6, 6.07) is 4.81. The third-order valence-corrected chi connectivity index (χ3v) is 4.04. The summed E-state index contributed by atoms with van der Waals surface area (Å²) >= 11 is 0. The fourth-order valence-corrected chi connectivity index (χ4v) is 2.66. The van der Waals surface area contributed by atoms with E-state index in [-0.39, 0.29) is 18.4 Å². The summed E-state index contributed by atoms with van der Waals surface area (Å²) in [5, 5.41) is 12.6. The van der Waals surface area contributed by atoms with E-state index in [9.17, 15) is 9.59 Å². The van der Waals surface area contributed by atoms with E-state index in [1.54, 1.807) is 43.3 Å². The second-order valence-electron chi connectivity index (χ2n) is 6.11. The predicted octanol–water partition coefficient (Wildman–Crippen LogP) is 0.521. The molecule has 0 aliphatic heterocycles. The van der Waals surface area contributed by atoms with Crippen molar-refractivity contribution in [1.29, 1.82) is 0 Å². The van der Waals surface area contributed by atoms with Crippen LogP contribution in [0, 0.1) is 0 Å². The van der Waals surface area contributed by atoms with Gasteiger partial charge in [0.15, 0.2) is 18.1 Å². The summed E-state index contributed by atoms with van der Waals surface area (Å²) in [7, 11) is 5.05. The summed E-state index contributed by atoms with van der Waals surface area (Å²) in [5.74, 6) is 0.598. The molecule has 3 N–H and O–H groups in total. The van der Waals surface area contributed by atoms with E-state index in [2.05, 4.69) is 21.0 Å². The molecule has 2 amide bonds. The SMILES string of the molecule is CCNC(=O)COc1ccc(CNC(=O)C(NC)c2cnn(C)c2)cc1OC. The molecule has 0 fully saturated rings. The molecule has 2 aromatic rings. The molecule has 0 aliphatic carbocycles. The molecule has 0 aliphatic rings. The maximum atomic E-state index is 12.5. The molecule has 1 heterocycles. The largest absolute Gasteiger partial charge is 0.493 e. The number of ether oxygens (including phenoxy) is 2. The number of methoxy groups -OCH3 is 1. The zero-order valence-corrected chi connectivity index (χ0v) is 16.6. The third kappa shape index (κ3) is 5.71. The van der Waals surface area contributed by atoms with E-state index in [4.69, 9.17) is 9.47 Å². The maximum Gasteiger partial charge on any atom is 0.257 e. The van der Waals surface area contributed by atoms with Crippen LogP contribution in [0.15, 0.2) is 30.6 Å². The van der Waals surface area contributed by atoms with Crippen LogP contribution in [0.2, 0.25) is 0 Å². The lowest BCUT2D eigenvalue weighted by atomic mass is 10.1. The number of likely N-dealkylation sites (N-methyl/N-ethyl adjacent to an activating group) is 2. The summed E-state index contributed by atoms with van der Waals surface area (Å²) in [6.45, 7) is 2.62. The van der Waals surface area contributed by atoms with Crippen molar-refractivity contribution in [2.45, 2.75) is 19.5 Å². The highest BCUT2D eigenvalue weighted by Gasteiger charge is 2.20. The van der Waals surface area contributed by atoms with E-state index in [0.717, 1.165) is 11.1 Å². The third-order valence-electron chi connectivity index (χ3n) is 4.04. The van der Waals surface area contributed by atoms with Crippen LogP contribution < -0.4 is 25.4 Å². The molecule has 9 heteroatoms. The van der Waals surface area contributed by atoms with Crippen molar-refractivity contribution < 1.29 is 19.1 Å². The Bertz CT molecular complexity index is 805. The van der Waals surface area contributed by atoms with Crippen LogP contribution in [0.1, 0.15) is 24.1 Å². The van der Waals surface area contributed by atoms with Crippen LogP contribution in [0.25, 0.3) is 0 Å². The van der Waals surface area contributed by atoms with Gasteiger partial charge in [-0.15, -0.1) is 0 Å². The van der Waals surface area contributed by atoms with Crippen molar-refractivity contribution in [1.82, 2.24) is 25.7 Å². The van der Waals surface area contributed by atoms with Gasteiger partial charge in [-0.2, -0.15) is 5.10 Å². The van der Waals surface area contributed by atoms with E-state index in [1.165, 1.54) is 7.11 Å². The van der Waals surface area contributed by atoms with Gasteiger partial charge in [-0.3, -0.25) is 14.3 Å². The van der Waals surface area contributed by atoms with Crippen molar-refractivity contribution in [3.05, 3.63) is 41.7 Å². The van der Waals surface area contributed by atoms with Crippen molar-refractivity contribution in [2.24, 2.45) is 7.05 Å². The Labute approximate surface area is 164 Å². The first-order valence-corrected chi connectivity index (χ1v) is 8.98. The topological polar surface area (TPSA) is 107 Å². The summed E-state index contributed by atoms with van der Waals surface area (Å²) in [4.78, 5) is 24.0. The molecular formula is C19H27N5O4. The maximum absolute atomic E-state index is 12.5. The van der Waals surface area contributed by atoms with E-state index in [0.29, 0.717) is 24.6 Å². The Morgan fingerprint density at radius 2 is 2.04 bits per heavy atom. The highest BCUT2D eigenvalue weighted by atomic mass is 16.5. The average Bonchev–Trinajstić information content (AvgIpc) is 3.11. The Morgan fingerprint density at radius 1 is 1.25 bits per heavy atom. The van der Waals surface area contributed by atoms with Crippen molar-refractivity contribution in [3.8, 4) is 11.5 Å². The smallest absolute Gasteiger partial charge is 0.257 e. The first-order valence-electron chi connectivity index (χ1n) is 8.98. The summed E-state index contributed by atoms with van der Waals surface area (Å²) < 4.78 is 12.5. The number of aryl methyl sites for hydroxylation is 1. The fraction of sp³-hybridized carbons (Fsp3) is 0.421. The number of nitrogens with zero attached hydrogens (tertiary/aromatic N) is 2. The second-order valence-corrected chi connectivity index (χ2v) is 6.11. The van der Waals surface area contributed by atoms with Crippen LogP contribution >= 0.6 is 0 Å². The Hall–Kier alpha value is -3.07. The zero-order chi connectivity index (χ0) is 20.5. The Morgan fingerprint density at radius 3 is 2.64 bits per heavy atom. The first kappa shape index (κ1) is 21.2. The molecular weight excluding hydrogens is 362 g/mol. The van der Waals surface area contributed by atoms with Gasteiger partial charge >= 0.3 is 0 Å². The number of carbonyl (C=O) groups is 2. The van der Waals surface area contributed by atoms with Gasteiger partial charge in [0.1, 0.15) is 6.04 Å². The number of hydrogen-bond acceptors (Lipinski definition) is 6. The van der Waals surface area contributed by atoms with Gasteiger partial charge in [-0.1, -0.05) is 6.07 Å². The number of benzene rings is 1. The molecule has 0 saturated heterocycles. The van der Waals surface area contributed by atoms with Crippen LogP contribution in [0.3, 0.4) is 0 Å². The zero-order valence-electron chi connectivity index (χ0n) is 16.6. The molecule has 0 spiro atoms. The van der Waals surface area contributed by atoms with E-state index in [1.807, 2.05) is 13.0 Å². The Balaban J connectivity index is 1.98. The van der Waals surface area contributed by atoms with Gasteiger partial charge in [-0.05, 0) is 31.7 Å². The van der Waals surface area contributed by atoms with Gasteiger partial charge in [0.2, 0.25) is 5.91 Å². The minimum atomic E-state index is -0.490. The van der Waals surface area contributed by atoms with E-state index >= 15 is 0 Å². The molecule has 0 bridgehead atoms. The standard InChI is InChI=1S/C19H27N5O4/c1-5-21-17(25)12-28-15-7-6-13(8-16(15)27-4)9-22-19(26)18(20-2)14-10-23-24(3)11-14/h6-8,10-11,18,20H,5,9,12H2,1-4H3,(H,21,25)(H,22,26). The van der Waals surface area contributed by atoms with Gasteiger partial charge in [0.05, 0.1) is 13.3 Å². The molecule has 0 saturated carbocycles. The highest BCUT2D eigenvalue weighted by molar-refractivity contribution is 5.83. The molecule has 1 atom stereocenters. The molecule has 9 nitrogen and oxygen atoms in total. The minimum absolute atomic E-state index is 0.0881. The lowest BCUT2D eigenvalue weighted by Crippen LogP contribution is -2.35. The lowest BCUT2D eigenvalue weighted by Gasteiger charge is -2.16. The Kier molecular flexibility index (Phi) is 7.82. The predicted molar refractivity (Wildman–Crippen MR) is 104 cm³/mol. The van der Waals surface area contributed by atoms with Crippen molar-refractivity contribution >= 4 is 11.8 Å². The minimum Gasteiger partial charge on any atom is -0.493 e. The van der Waals surface area contributed by atoms with Crippen molar-refractivity contribution in [3.63, 3.8) is 0 Å². The van der Waals surface area contributed by atoms with Crippen LogP contribution in [-0.4, -0.2) is 48.9 Å². The lowest BCUT2D eigenvalue weighted by molar-refractivity contribution is -0.124. The molecule has 0 radical (unpaired) electrons. The molecule has 1 aromatic heterocycles. The van der Waals surface area contributed by atoms with Crippen LogP contribution in [0.5, 0.6) is 11.5 Å². The highest BCUT2D eigenvalue weighted by Crippen LogP contribution is 2.28. The number of carbonyl (C=O) groups excluding carboxylic acids is 2. The van der Waals surface area contributed by atoms with Crippen molar-refractivity contribution in [2.75, 3.05) is 27.3 Å². The number of nitrogens with one attached hydrogen (secondary N) is 3. The average molecular weight is 389 g/mol. The van der Waals surface area contributed by atoms with Crippen LogP contribution in [-0.2, 0) is 23.2 Å². The van der Waals surface area contributed by atoms with Gasteiger partial charge in [0.25, 0.3) is 5.91 Å². The molecule has 152 valence electrons. The summed E-state index contributed by atoms with van der Waals surface area (Å²) in [5.41, 5.74) is 1.63. The number of rotatable bonds is 10. The van der Waals surface area contributed by atoms with Gasteiger partial charge in [-0.25, -0.2) is 0 Å². The number of amides is 2. The normalized spacial score (nSPS) is 11.6. The van der Waals surface area contributed by atoms with Gasteiger partial charge < -0.3 is 25.4 Å². The summed E-state index contributed by atoms with van der Waals surface area (Å²) in [6.07, 6.45) is 3.45. The molecule has 1 unspecified atom stereocenters. The first-order chi connectivity index (χ1) is 13.5. The fourth-order valence-electron chi connectivity index (χ4n) is 2.66. The van der Waals surface area contributed by atoms with Crippen LogP contribution in [0.4, 0.5) is 0 Å². The van der Waals surface area contributed by atoms with Gasteiger partial charge in [0, 0.05) is 31.9 Å². The monoisotopic (exact) mass is 389 g/mol. The molecule has 28 heavy (non-hydrogen) atoms. The second kappa shape index (κ2) is 10.3.